The third-order valence-electron chi connectivity index (χ3n) is 2.58. The third-order valence-corrected chi connectivity index (χ3v) is 2.98. The van der Waals surface area contributed by atoms with Crippen molar-refractivity contribution in [3.05, 3.63) is 0 Å². The zero-order valence-corrected chi connectivity index (χ0v) is 9.62. The van der Waals surface area contributed by atoms with Crippen LogP contribution in [0.15, 0.2) is 0 Å². The first kappa shape index (κ1) is 12.1. The Labute approximate surface area is 78.5 Å². The average Bonchev–Trinajstić information content (AvgIpc) is 2.11. The van der Waals surface area contributed by atoms with E-state index in [2.05, 4.69) is 23.1 Å². The summed E-state index contributed by atoms with van der Waals surface area (Å²) in [6.45, 7) is 6.42. The lowest BCUT2D eigenvalue weighted by molar-refractivity contribution is -0.121. The Kier molecular flexibility index (Phi) is 6.65. The summed E-state index contributed by atoms with van der Waals surface area (Å²) in [6, 6.07) is 0. The summed E-state index contributed by atoms with van der Waals surface area (Å²) >= 11 is 0. The van der Waals surface area contributed by atoms with E-state index in [1.54, 1.807) is 0 Å². The monoisotopic (exact) mass is 188 g/mol. The molecule has 12 heavy (non-hydrogen) atoms. The van der Waals surface area contributed by atoms with Crippen molar-refractivity contribution in [3.63, 3.8) is 0 Å². The minimum absolute atomic E-state index is 0.244. The summed E-state index contributed by atoms with van der Waals surface area (Å²) < 4.78 is 0. The maximum atomic E-state index is 11.3. The minimum atomic E-state index is 0.244. The Balaban J connectivity index is 3.75. The van der Waals surface area contributed by atoms with E-state index in [4.69, 9.17) is 0 Å². The zero-order chi connectivity index (χ0) is 9.56. The highest BCUT2D eigenvalue weighted by atomic mass is 31.0. The largest absolute Gasteiger partial charge is 0.299 e. The zero-order valence-electron chi connectivity index (χ0n) is 8.47. The van der Waals surface area contributed by atoms with Crippen LogP contribution in [-0.2, 0) is 4.79 Å². The fraction of sp³-hybridized carbons (Fsp3) is 0.900. The van der Waals surface area contributed by atoms with Gasteiger partial charge in [0.2, 0.25) is 0 Å². The maximum Gasteiger partial charge on any atom is 0.139 e. The van der Waals surface area contributed by atoms with Crippen LogP contribution in [0.25, 0.3) is 0 Å². The van der Waals surface area contributed by atoms with E-state index in [-0.39, 0.29) is 5.92 Å². The van der Waals surface area contributed by atoms with E-state index >= 15 is 0 Å². The highest BCUT2D eigenvalue weighted by molar-refractivity contribution is 7.18. The maximum absolute atomic E-state index is 11.3. The van der Waals surface area contributed by atoms with Crippen molar-refractivity contribution in [2.24, 2.45) is 11.8 Å². The van der Waals surface area contributed by atoms with Gasteiger partial charge in [-0.05, 0) is 5.92 Å². The lowest BCUT2D eigenvalue weighted by atomic mass is 9.88. The molecule has 0 bridgehead atoms. The van der Waals surface area contributed by atoms with Crippen LogP contribution in [0.2, 0.25) is 0 Å². The van der Waals surface area contributed by atoms with Crippen LogP contribution >= 0.6 is 9.24 Å². The van der Waals surface area contributed by atoms with Crippen LogP contribution in [0.4, 0.5) is 0 Å². The summed E-state index contributed by atoms with van der Waals surface area (Å²) in [4.78, 5) is 11.3. The Morgan fingerprint density at radius 1 is 1.42 bits per heavy atom. The van der Waals surface area contributed by atoms with Crippen LogP contribution in [0.3, 0.4) is 0 Å². The second-order valence-corrected chi connectivity index (χ2v) is 3.99. The number of carbonyl (C=O) groups is 1. The van der Waals surface area contributed by atoms with Gasteiger partial charge in [0.25, 0.3) is 0 Å². The lowest BCUT2D eigenvalue weighted by Gasteiger charge is -2.17. The fourth-order valence-corrected chi connectivity index (χ4v) is 1.65. The Hall–Kier alpha value is 0.100. The van der Waals surface area contributed by atoms with Gasteiger partial charge in [-0.25, -0.2) is 0 Å². The van der Waals surface area contributed by atoms with E-state index in [1.807, 2.05) is 6.92 Å². The van der Waals surface area contributed by atoms with Crippen LogP contribution in [-0.4, -0.2) is 11.9 Å². The summed E-state index contributed by atoms with van der Waals surface area (Å²) in [6.07, 6.45) is 4.27. The van der Waals surface area contributed by atoms with Crippen LogP contribution in [0.5, 0.6) is 0 Å². The normalized spacial score (nSPS) is 15.7. The van der Waals surface area contributed by atoms with Crippen molar-refractivity contribution in [3.8, 4) is 0 Å². The number of rotatable bonds is 6. The number of hydrogen-bond acceptors (Lipinski definition) is 1. The second kappa shape index (κ2) is 6.60. The Morgan fingerprint density at radius 3 is 2.42 bits per heavy atom. The Morgan fingerprint density at radius 2 is 2.00 bits per heavy atom. The van der Waals surface area contributed by atoms with Crippen LogP contribution in [0, 0.1) is 11.8 Å². The Bertz CT molecular complexity index is 134. The van der Waals surface area contributed by atoms with Crippen molar-refractivity contribution in [1.29, 1.82) is 0 Å². The molecule has 3 unspecified atom stereocenters. The van der Waals surface area contributed by atoms with Gasteiger partial charge in [0.1, 0.15) is 5.78 Å². The molecule has 0 heterocycles. The molecule has 0 aromatic carbocycles. The standard InChI is InChI=1S/C10H21OP/c1-4-5-6-8(2)9(3)10(11)7-12/h8-9H,4-7,12H2,1-3H3. The number of hydrogen-bond donors (Lipinski definition) is 0. The quantitative estimate of drug-likeness (QED) is 0.586. The van der Waals surface area contributed by atoms with Crippen molar-refractivity contribution >= 4 is 15.0 Å². The van der Waals surface area contributed by atoms with Gasteiger partial charge in [0, 0.05) is 12.1 Å². The molecule has 0 N–H and O–H groups in total. The molecule has 1 nitrogen and oxygen atoms in total. The van der Waals surface area contributed by atoms with Crippen LogP contribution in [0.1, 0.15) is 40.0 Å². The van der Waals surface area contributed by atoms with E-state index in [0.29, 0.717) is 17.9 Å². The molecule has 0 saturated heterocycles. The summed E-state index contributed by atoms with van der Waals surface area (Å²) in [5, 5.41) is 0. The fourth-order valence-electron chi connectivity index (χ4n) is 1.28. The molecule has 0 radical (unpaired) electrons. The van der Waals surface area contributed by atoms with Crippen molar-refractivity contribution in [2.45, 2.75) is 40.0 Å². The second-order valence-electron chi connectivity index (χ2n) is 3.58. The molecule has 0 spiro atoms. The first-order chi connectivity index (χ1) is 5.63. The highest BCUT2D eigenvalue weighted by Crippen LogP contribution is 2.19. The van der Waals surface area contributed by atoms with E-state index < -0.39 is 0 Å². The predicted molar refractivity (Wildman–Crippen MR) is 57.4 cm³/mol. The molecular formula is C10H21OP. The molecule has 0 amide bonds. The highest BCUT2D eigenvalue weighted by Gasteiger charge is 2.17. The van der Waals surface area contributed by atoms with E-state index in [1.165, 1.54) is 19.3 Å². The smallest absolute Gasteiger partial charge is 0.139 e. The summed E-state index contributed by atoms with van der Waals surface area (Å²) in [5.41, 5.74) is 0. The first-order valence-corrected chi connectivity index (χ1v) is 5.67. The van der Waals surface area contributed by atoms with Gasteiger partial charge >= 0.3 is 0 Å². The van der Waals surface area contributed by atoms with E-state index in [0.717, 1.165) is 0 Å². The molecule has 2 heteroatoms. The van der Waals surface area contributed by atoms with Gasteiger partial charge in [-0.3, -0.25) is 4.79 Å². The minimum Gasteiger partial charge on any atom is -0.299 e. The van der Waals surface area contributed by atoms with Gasteiger partial charge < -0.3 is 0 Å². The summed E-state index contributed by atoms with van der Waals surface area (Å²) in [7, 11) is 2.51. The van der Waals surface area contributed by atoms with E-state index in [9.17, 15) is 4.79 Å². The molecule has 0 fully saturated rings. The topological polar surface area (TPSA) is 17.1 Å². The van der Waals surface area contributed by atoms with Gasteiger partial charge in [0.15, 0.2) is 0 Å². The average molecular weight is 188 g/mol. The molecule has 0 aliphatic carbocycles. The van der Waals surface area contributed by atoms with Gasteiger partial charge in [-0.1, -0.05) is 40.0 Å². The molecule has 0 aromatic rings. The van der Waals surface area contributed by atoms with Gasteiger partial charge in [-0.2, -0.15) is 0 Å². The van der Waals surface area contributed by atoms with Crippen molar-refractivity contribution < 1.29 is 4.79 Å². The van der Waals surface area contributed by atoms with Crippen molar-refractivity contribution in [2.75, 3.05) is 6.16 Å². The van der Waals surface area contributed by atoms with Gasteiger partial charge in [0.05, 0.1) is 0 Å². The van der Waals surface area contributed by atoms with Gasteiger partial charge in [-0.15, -0.1) is 9.24 Å². The molecular weight excluding hydrogens is 167 g/mol. The molecule has 0 rings (SSSR count). The number of Topliss-reactive ketones (excluding diaryl/α,β-unsaturated/α-hetero) is 1. The van der Waals surface area contributed by atoms with Crippen molar-refractivity contribution in [1.82, 2.24) is 0 Å². The molecule has 0 aliphatic rings. The van der Waals surface area contributed by atoms with Crippen LogP contribution < -0.4 is 0 Å². The molecule has 0 saturated carbocycles. The predicted octanol–water partition coefficient (Wildman–Crippen LogP) is 2.89. The number of unbranched alkanes of at least 4 members (excludes halogenated alkanes) is 1. The SMILES string of the molecule is CCCCC(C)C(C)C(=O)CP. The molecule has 3 atom stereocenters. The number of carbonyl (C=O) groups excluding carboxylic acids is 1. The number of ketones is 1. The molecule has 72 valence electrons. The first-order valence-electron chi connectivity index (χ1n) is 4.86. The third kappa shape index (κ3) is 4.21. The lowest BCUT2D eigenvalue weighted by Crippen LogP contribution is -2.19. The molecule has 0 aromatic heterocycles. The molecule has 0 aliphatic heterocycles. The summed E-state index contributed by atoms with van der Waals surface area (Å²) in [5.74, 6) is 1.18.